The molecule has 0 radical (unpaired) electrons. The molecular formula is C39H24N2O2. The molecule has 0 amide bonds. The highest BCUT2D eigenvalue weighted by atomic mass is 16.3. The molecule has 4 nitrogen and oxygen atoms in total. The molecule has 0 atom stereocenters. The lowest BCUT2D eigenvalue weighted by molar-refractivity contribution is 0.669. The van der Waals surface area contributed by atoms with Crippen LogP contribution in [0.15, 0.2) is 155 Å². The first-order chi connectivity index (χ1) is 21.3. The highest BCUT2D eigenvalue weighted by Crippen LogP contribution is 2.39. The third kappa shape index (κ3) is 3.47. The maximum Gasteiger partial charge on any atom is 0.263 e. The molecule has 4 heteroatoms. The molecule has 3 heterocycles. The Labute approximate surface area is 246 Å². The van der Waals surface area contributed by atoms with Gasteiger partial charge in [-0.05, 0) is 71.8 Å². The normalized spacial score (nSPS) is 11.8. The van der Waals surface area contributed by atoms with E-state index in [1.165, 1.54) is 0 Å². The van der Waals surface area contributed by atoms with E-state index in [1.54, 1.807) is 0 Å². The predicted octanol–water partition coefficient (Wildman–Crippen LogP) is 9.65. The molecule has 0 unspecified atom stereocenters. The van der Waals surface area contributed by atoms with Crippen molar-refractivity contribution in [2.45, 2.75) is 0 Å². The van der Waals surface area contributed by atoms with Crippen LogP contribution in [0.1, 0.15) is 0 Å². The molecular weight excluding hydrogens is 528 g/mol. The molecule has 0 N–H and O–H groups in total. The first kappa shape index (κ1) is 23.8. The Morgan fingerprint density at radius 2 is 0.953 bits per heavy atom. The predicted molar refractivity (Wildman–Crippen MR) is 177 cm³/mol. The van der Waals surface area contributed by atoms with E-state index < -0.39 is 0 Å². The quantitative estimate of drug-likeness (QED) is 0.219. The summed E-state index contributed by atoms with van der Waals surface area (Å²) in [6.45, 7) is 0. The van der Waals surface area contributed by atoms with Gasteiger partial charge in [-0.2, -0.15) is 0 Å². The number of furan rings is 1. The van der Waals surface area contributed by atoms with Crippen LogP contribution in [0.25, 0.3) is 77.1 Å². The van der Waals surface area contributed by atoms with Crippen LogP contribution < -0.4 is 5.56 Å². The topological polar surface area (TPSA) is 40.1 Å². The molecule has 6 aromatic carbocycles. The van der Waals surface area contributed by atoms with Crippen molar-refractivity contribution in [2.75, 3.05) is 0 Å². The molecule has 0 saturated heterocycles. The lowest BCUT2D eigenvalue weighted by atomic mass is 10.0. The molecule has 0 aliphatic carbocycles. The van der Waals surface area contributed by atoms with Crippen molar-refractivity contribution in [3.05, 3.63) is 156 Å². The van der Waals surface area contributed by atoms with Crippen LogP contribution in [-0.2, 0) is 0 Å². The summed E-state index contributed by atoms with van der Waals surface area (Å²) in [7, 11) is 0. The lowest BCUT2D eigenvalue weighted by Crippen LogP contribution is -2.19. The molecule has 0 aliphatic heterocycles. The van der Waals surface area contributed by atoms with Crippen molar-refractivity contribution >= 4 is 54.6 Å². The number of aromatic nitrogens is 2. The van der Waals surface area contributed by atoms with E-state index in [9.17, 15) is 4.79 Å². The van der Waals surface area contributed by atoms with Crippen LogP contribution >= 0.6 is 0 Å². The molecule has 0 spiro atoms. The largest absolute Gasteiger partial charge is 0.456 e. The Balaban J connectivity index is 1.44. The summed E-state index contributed by atoms with van der Waals surface area (Å²) in [6.07, 6.45) is 0. The van der Waals surface area contributed by atoms with Gasteiger partial charge in [-0.25, -0.2) is 0 Å². The minimum absolute atomic E-state index is 0.0295. The van der Waals surface area contributed by atoms with Gasteiger partial charge in [0.05, 0.1) is 16.6 Å². The summed E-state index contributed by atoms with van der Waals surface area (Å²) in [4.78, 5) is 14.3. The summed E-state index contributed by atoms with van der Waals surface area (Å²) >= 11 is 0. The Hall–Kier alpha value is -5.87. The van der Waals surface area contributed by atoms with Crippen molar-refractivity contribution in [2.24, 2.45) is 0 Å². The molecule has 43 heavy (non-hydrogen) atoms. The van der Waals surface area contributed by atoms with Crippen molar-refractivity contribution in [1.29, 1.82) is 0 Å². The van der Waals surface area contributed by atoms with E-state index in [2.05, 4.69) is 77.4 Å². The molecule has 0 saturated carbocycles. The third-order valence-corrected chi connectivity index (χ3v) is 8.52. The second-order valence-electron chi connectivity index (χ2n) is 10.9. The summed E-state index contributed by atoms with van der Waals surface area (Å²) in [6, 6.07) is 49.4. The van der Waals surface area contributed by atoms with Crippen LogP contribution in [0, 0.1) is 0 Å². The van der Waals surface area contributed by atoms with Crippen LogP contribution in [-0.4, -0.2) is 9.13 Å². The average Bonchev–Trinajstić information content (AvgIpc) is 3.61. The lowest BCUT2D eigenvalue weighted by Gasteiger charge is -2.13. The Morgan fingerprint density at radius 1 is 0.419 bits per heavy atom. The summed E-state index contributed by atoms with van der Waals surface area (Å²) in [5.74, 6) is 0. The number of fused-ring (bicyclic) bond motifs is 8. The van der Waals surface area contributed by atoms with E-state index in [-0.39, 0.29) is 5.56 Å². The SMILES string of the molecule is O=c1c2ccccc2c2c(c3cc(-c4ccc5oc6ccccc6c5c4)ccc3n2-c2ccccc2)n1-c1ccccc1. The molecule has 9 rings (SSSR count). The van der Waals surface area contributed by atoms with Gasteiger partial charge in [0.1, 0.15) is 11.2 Å². The molecule has 0 fully saturated rings. The monoisotopic (exact) mass is 552 g/mol. The van der Waals surface area contributed by atoms with E-state index in [1.807, 2.05) is 77.4 Å². The number of hydrogen-bond acceptors (Lipinski definition) is 2. The number of nitrogens with zero attached hydrogens (tertiary/aromatic N) is 2. The van der Waals surface area contributed by atoms with Crippen molar-refractivity contribution < 1.29 is 4.42 Å². The second-order valence-corrected chi connectivity index (χ2v) is 10.9. The first-order valence-corrected chi connectivity index (χ1v) is 14.4. The Morgan fingerprint density at radius 3 is 1.70 bits per heavy atom. The van der Waals surface area contributed by atoms with Gasteiger partial charge in [0.15, 0.2) is 0 Å². The van der Waals surface area contributed by atoms with Crippen molar-refractivity contribution in [3.63, 3.8) is 0 Å². The molecule has 0 bridgehead atoms. The molecule has 0 aliphatic rings. The number of para-hydroxylation sites is 3. The molecule has 9 aromatic rings. The van der Waals surface area contributed by atoms with Crippen LogP contribution in [0.4, 0.5) is 0 Å². The zero-order valence-corrected chi connectivity index (χ0v) is 23.1. The van der Waals surface area contributed by atoms with Gasteiger partial charge in [-0.1, -0.05) is 84.9 Å². The maximum atomic E-state index is 14.3. The first-order valence-electron chi connectivity index (χ1n) is 14.4. The van der Waals surface area contributed by atoms with E-state index >= 15 is 0 Å². The third-order valence-electron chi connectivity index (χ3n) is 8.52. The van der Waals surface area contributed by atoms with Crippen LogP contribution in [0.2, 0.25) is 0 Å². The van der Waals surface area contributed by atoms with Crippen molar-refractivity contribution in [1.82, 2.24) is 9.13 Å². The zero-order valence-electron chi connectivity index (χ0n) is 23.1. The smallest absolute Gasteiger partial charge is 0.263 e. The number of benzene rings is 6. The Bertz CT molecular complexity index is 2570. The minimum Gasteiger partial charge on any atom is -0.456 e. The van der Waals surface area contributed by atoms with Crippen LogP contribution in [0.5, 0.6) is 0 Å². The highest BCUT2D eigenvalue weighted by molar-refractivity contribution is 6.18. The van der Waals surface area contributed by atoms with Gasteiger partial charge in [-0.3, -0.25) is 9.36 Å². The molecule has 202 valence electrons. The number of rotatable bonds is 3. The summed E-state index contributed by atoms with van der Waals surface area (Å²) < 4.78 is 10.3. The van der Waals surface area contributed by atoms with E-state index in [0.717, 1.165) is 71.8 Å². The summed E-state index contributed by atoms with van der Waals surface area (Å²) in [5, 5.41) is 4.83. The van der Waals surface area contributed by atoms with E-state index in [0.29, 0.717) is 5.39 Å². The fourth-order valence-electron chi connectivity index (χ4n) is 6.60. The number of pyridine rings is 1. The second kappa shape index (κ2) is 9.07. The van der Waals surface area contributed by atoms with Gasteiger partial charge >= 0.3 is 0 Å². The van der Waals surface area contributed by atoms with Gasteiger partial charge in [-0.15, -0.1) is 0 Å². The maximum absolute atomic E-state index is 14.3. The summed E-state index contributed by atoms with van der Waals surface area (Å²) in [5.41, 5.74) is 8.73. The van der Waals surface area contributed by atoms with E-state index in [4.69, 9.17) is 4.42 Å². The minimum atomic E-state index is -0.0295. The highest BCUT2D eigenvalue weighted by Gasteiger charge is 2.22. The Kier molecular flexibility index (Phi) is 5.02. The standard InChI is InChI=1S/C39H24N2O2/c42-39-31-17-8-7-16-30(31)37-38(41(39)28-13-5-2-6-14-28)33-24-25(19-21-34(33)40(37)27-11-3-1-4-12-27)26-20-22-36-32(23-26)29-15-9-10-18-35(29)43-36/h1-24H. The fourth-order valence-corrected chi connectivity index (χ4v) is 6.60. The number of hydrogen-bond donors (Lipinski definition) is 0. The van der Waals surface area contributed by atoms with Crippen molar-refractivity contribution in [3.8, 4) is 22.5 Å². The average molecular weight is 553 g/mol. The molecule has 3 aromatic heterocycles. The zero-order chi connectivity index (χ0) is 28.5. The van der Waals surface area contributed by atoms with Gasteiger partial charge in [0.25, 0.3) is 5.56 Å². The fraction of sp³-hybridized carbons (Fsp3) is 0. The van der Waals surface area contributed by atoms with Gasteiger partial charge in [0.2, 0.25) is 0 Å². The van der Waals surface area contributed by atoms with Crippen LogP contribution in [0.3, 0.4) is 0 Å². The van der Waals surface area contributed by atoms with Gasteiger partial charge in [0, 0.05) is 38.3 Å². The van der Waals surface area contributed by atoms with Gasteiger partial charge < -0.3 is 8.98 Å².